The first-order valence-corrected chi connectivity index (χ1v) is 8.36. The molecule has 0 aliphatic carbocycles. The Hall–Kier alpha value is -0.880. The highest BCUT2D eigenvalue weighted by atomic mass is 127. The van der Waals surface area contributed by atoms with E-state index in [0.717, 1.165) is 28.5 Å². The Kier molecular flexibility index (Phi) is 3.88. The van der Waals surface area contributed by atoms with E-state index in [2.05, 4.69) is 39.4 Å². The van der Waals surface area contributed by atoms with E-state index in [1.807, 2.05) is 29.2 Å². The highest BCUT2D eigenvalue weighted by molar-refractivity contribution is 14.1. The number of hydrogen-bond donors (Lipinski definition) is 0. The number of halogens is 1. The van der Waals surface area contributed by atoms with Gasteiger partial charge in [0, 0.05) is 15.7 Å². The van der Waals surface area contributed by atoms with Crippen molar-refractivity contribution in [2.24, 2.45) is 0 Å². The van der Waals surface area contributed by atoms with Crippen molar-refractivity contribution in [3.8, 4) is 0 Å². The Morgan fingerprint density at radius 1 is 1.37 bits per heavy atom. The number of carbonyl (C=O) groups excluding carboxylic acids is 1. The lowest BCUT2D eigenvalue weighted by atomic mass is 10.1. The van der Waals surface area contributed by atoms with Gasteiger partial charge in [-0.05, 0) is 76.0 Å². The highest BCUT2D eigenvalue weighted by Crippen LogP contribution is 2.34. The summed E-state index contributed by atoms with van der Waals surface area (Å²) in [4.78, 5) is 14.7. The molecule has 1 fully saturated rings. The number of thiophene rings is 1. The SMILES string of the molecule is O=C(c1cccc(I)c1)N1CCC[C@@H]1c1ccsc1. The maximum absolute atomic E-state index is 12.6. The van der Waals surface area contributed by atoms with Gasteiger partial charge in [0.2, 0.25) is 0 Å². The molecule has 0 N–H and O–H groups in total. The summed E-state index contributed by atoms with van der Waals surface area (Å²) in [5, 5.41) is 4.24. The minimum Gasteiger partial charge on any atom is -0.332 e. The normalized spacial score (nSPS) is 18.8. The van der Waals surface area contributed by atoms with E-state index in [1.165, 1.54) is 5.56 Å². The van der Waals surface area contributed by atoms with Gasteiger partial charge < -0.3 is 4.90 Å². The molecular weight excluding hydrogens is 369 g/mol. The van der Waals surface area contributed by atoms with Crippen LogP contribution in [0.4, 0.5) is 0 Å². The van der Waals surface area contributed by atoms with Crippen LogP contribution in [0.15, 0.2) is 41.1 Å². The van der Waals surface area contributed by atoms with E-state index in [1.54, 1.807) is 11.3 Å². The molecule has 0 bridgehead atoms. The van der Waals surface area contributed by atoms with Crippen LogP contribution in [-0.2, 0) is 0 Å². The fourth-order valence-electron chi connectivity index (χ4n) is 2.61. The average Bonchev–Trinajstić information content (AvgIpc) is 3.08. The third kappa shape index (κ3) is 2.69. The predicted molar refractivity (Wildman–Crippen MR) is 86.5 cm³/mol. The van der Waals surface area contributed by atoms with Gasteiger partial charge in [-0.25, -0.2) is 0 Å². The summed E-state index contributed by atoms with van der Waals surface area (Å²) in [6.45, 7) is 0.866. The van der Waals surface area contributed by atoms with Crippen molar-refractivity contribution >= 4 is 39.8 Å². The number of nitrogens with zero attached hydrogens (tertiary/aromatic N) is 1. The molecule has 0 spiro atoms. The van der Waals surface area contributed by atoms with E-state index in [4.69, 9.17) is 0 Å². The lowest BCUT2D eigenvalue weighted by Gasteiger charge is -2.24. The minimum atomic E-state index is 0.159. The number of hydrogen-bond acceptors (Lipinski definition) is 2. The van der Waals surface area contributed by atoms with Crippen LogP contribution in [-0.4, -0.2) is 17.4 Å². The third-order valence-electron chi connectivity index (χ3n) is 3.51. The first-order chi connectivity index (χ1) is 9.25. The summed E-state index contributed by atoms with van der Waals surface area (Å²) in [5.74, 6) is 0.159. The van der Waals surface area contributed by atoms with E-state index < -0.39 is 0 Å². The van der Waals surface area contributed by atoms with Crippen molar-refractivity contribution in [2.75, 3.05) is 6.54 Å². The Labute approximate surface area is 130 Å². The van der Waals surface area contributed by atoms with Crippen molar-refractivity contribution in [1.29, 1.82) is 0 Å². The van der Waals surface area contributed by atoms with E-state index >= 15 is 0 Å². The van der Waals surface area contributed by atoms with Crippen molar-refractivity contribution in [3.05, 3.63) is 55.8 Å². The molecule has 19 heavy (non-hydrogen) atoms. The van der Waals surface area contributed by atoms with Gasteiger partial charge in [-0.1, -0.05) is 6.07 Å². The molecule has 1 amide bonds. The molecule has 2 nitrogen and oxygen atoms in total. The summed E-state index contributed by atoms with van der Waals surface area (Å²) < 4.78 is 1.11. The third-order valence-corrected chi connectivity index (χ3v) is 4.89. The van der Waals surface area contributed by atoms with Gasteiger partial charge >= 0.3 is 0 Å². The molecular formula is C15H14INOS. The van der Waals surface area contributed by atoms with Crippen LogP contribution in [0.2, 0.25) is 0 Å². The van der Waals surface area contributed by atoms with Gasteiger partial charge in [0.05, 0.1) is 6.04 Å². The molecule has 1 saturated heterocycles. The zero-order chi connectivity index (χ0) is 13.2. The van der Waals surface area contributed by atoms with E-state index in [0.29, 0.717) is 0 Å². The molecule has 98 valence electrons. The molecule has 1 aromatic carbocycles. The summed E-state index contributed by atoms with van der Waals surface area (Å²) in [6.07, 6.45) is 2.17. The molecule has 0 radical (unpaired) electrons. The van der Waals surface area contributed by atoms with Crippen LogP contribution >= 0.6 is 33.9 Å². The van der Waals surface area contributed by atoms with Gasteiger partial charge in [0.1, 0.15) is 0 Å². The minimum absolute atomic E-state index is 0.159. The zero-order valence-corrected chi connectivity index (χ0v) is 13.4. The monoisotopic (exact) mass is 383 g/mol. The van der Waals surface area contributed by atoms with Crippen LogP contribution in [0.5, 0.6) is 0 Å². The molecule has 1 aromatic heterocycles. The van der Waals surface area contributed by atoms with Crippen LogP contribution in [0.3, 0.4) is 0 Å². The second kappa shape index (κ2) is 5.63. The van der Waals surface area contributed by atoms with Gasteiger partial charge in [-0.2, -0.15) is 11.3 Å². The van der Waals surface area contributed by atoms with Crippen molar-refractivity contribution < 1.29 is 4.79 Å². The first-order valence-electron chi connectivity index (χ1n) is 6.34. The lowest BCUT2D eigenvalue weighted by molar-refractivity contribution is 0.0736. The largest absolute Gasteiger partial charge is 0.332 e. The topological polar surface area (TPSA) is 20.3 Å². The van der Waals surface area contributed by atoms with Gasteiger partial charge in [-0.15, -0.1) is 0 Å². The molecule has 4 heteroatoms. The van der Waals surface area contributed by atoms with Crippen LogP contribution in [0, 0.1) is 3.57 Å². The lowest BCUT2D eigenvalue weighted by Crippen LogP contribution is -2.30. The maximum Gasteiger partial charge on any atom is 0.254 e. The number of carbonyl (C=O) groups is 1. The molecule has 1 aliphatic rings. The number of rotatable bonds is 2. The summed E-state index contributed by atoms with van der Waals surface area (Å²) in [7, 11) is 0. The predicted octanol–water partition coefficient (Wildman–Crippen LogP) is 4.33. The van der Waals surface area contributed by atoms with Crippen LogP contribution in [0.1, 0.15) is 34.8 Å². The summed E-state index contributed by atoms with van der Waals surface area (Å²) in [5.41, 5.74) is 2.08. The zero-order valence-electron chi connectivity index (χ0n) is 10.4. The fourth-order valence-corrected chi connectivity index (χ4v) is 3.86. The summed E-state index contributed by atoms with van der Waals surface area (Å²) in [6, 6.07) is 10.2. The average molecular weight is 383 g/mol. The number of benzene rings is 1. The van der Waals surface area contributed by atoms with E-state index in [9.17, 15) is 4.79 Å². The highest BCUT2D eigenvalue weighted by Gasteiger charge is 2.30. The molecule has 0 saturated carbocycles. The standard InChI is InChI=1S/C15H14INOS/c16-13-4-1-3-11(9-13)15(18)17-7-2-5-14(17)12-6-8-19-10-12/h1,3-4,6,8-10,14H,2,5,7H2/t14-/m1/s1. The molecule has 2 heterocycles. The van der Waals surface area contributed by atoms with Gasteiger partial charge in [0.15, 0.2) is 0 Å². The second-order valence-electron chi connectivity index (χ2n) is 4.72. The Bertz CT molecular complexity index is 582. The fraction of sp³-hybridized carbons (Fsp3) is 0.267. The quantitative estimate of drug-likeness (QED) is 0.707. The van der Waals surface area contributed by atoms with Gasteiger partial charge in [0.25, 0.3) is 5.91 Å². The molecule has 0 unspecified atom stereocenters. The van der Waals surface area contributed by atoms with Gasteiger partial charge in [-0.3, -0.25) is 4.79 Å². The molecule has 1 atom stereocenters. The number of amides is 1. The Balaban J connectivity index is 1.87. The Morgan fingerprint density at radius 2 is 2.26 bits per heavy atom. The van der Waals surface area contributed by atoms with E-state index in [-0.39, 0.29) is 11.9 Å². The van der Waals surface area contributed by atoms with Crippen molar-refractivity contribution in [1.82, 2.24) is 4.90 Å². The number of likely N-dealkylation sites (tertiary alicyclic amines) is 1. The van der Waals surface area contributed by atoms with Crippen LogP contribution < -0.4 is 0 Å². The first kappa shape index (κ1) is 13.1. The van der Waals surface area contributed by atoms with Crippen molar-refractivity contribution in [2.45, 2.75) is 18.9 Å². The van der Waals surface area contributed by atoms with Crippen LogP contribution in [0.25, 0.3) is 0 Å². The second-order valence-corrected chi connectivity index (χ2v) is 6.75. The molecule has 1 aliphatic heterocycles. The molecule has 2 aromatic rings. The van der Waals surface area contributed by atoms with Crippen molar-refractivity contribution in [3.63, 3.8) is 0 Å². The maximum atomic E-state index is 12.6. The smallest absolute Gasteiger partial charge is 0.254 e. The Morgan fingerprint density at radius 3 is 3.00 bits per heavy atom. The molecule has 3 rings (SSSR count). The summed E-state index contributed by atoms with van der Waals surface area (Å²) >= 11 is 3.95.